The number of amides is 2. The zero-order chi connectivity index (χ0) is 19.6. The third kappa shape index (κ3) is 4.11. The molecule has 142 valence electrons. The first kappa shape index (κ1) is 18.9. The molecule has 1 aliphatic rings. The van der Waals surface area contributed by atoms with Gasteiger partial charge in [0.2, 0.25) is 0 Å². The minimum Gasteiger partial charge on any atom is -0.345 e. The second kappa shape index (κ2) is 7.40. The van der Waals surface area contributed by atoms with Crippen LogP contribution in [0, 0.1) is 0 Å². The maximum Gasteiger partial charge on any atom is 0.416 e. The van der Waals surface area contributed by atoms with Crippen molar-refractivity contribution in [3.05, 3.63) is 70.3 Å². The van der Waals surface area contributed by atoms with Gasteiger partial charge in [-0.15, -0.1) is 0 Å². The second-order valence-corrected chi connectivity index (χ2v) is 6.35. The molecule has 0 heterocycles. The van der Waals surface area contributed by atoms with Crippen LogP contribution in [0.1, 0.15) is 56.3 Å². The molecule has 0 saturated heterocycles. The first-order valence-corrected chi connectivity index (χ1v) is 8.35. The van der Waals surface area contributed by atoms with Gasteiger partial charge in [0.05, 0.1) is 11.6 Å². The predicted octanol–water partition coefficient (Wildman–Crippen LogP) is 3.63. The summed E-state index contributed by atoms with van der Waals surface area (Å²) in [7, 11) is 0. The smallest absolute Gasteiger partial charge is 0.345 e. The minimum atomic E-state index is -4.52. The second-order valence-electron chi connectivity index (χ2n) is 6.35. The zero-order valence-electron chi connectivity index (χ0n) is 14.1. The molecule has 2 aromatic carbocycles. The van der Waals surface area contributed by atoms with E-state index in [1.807, 2.05) is 0 Å². The van der Waals surface area contributed by atoms with Crippen molar-refractivity contribution in [3.8, 4) is 0 Å². The lowest BCUT2D eigenvalue weighted by molar-refractivity contribution is -0.137. The van der Waals surface area contributed by atoms with Gasteiger partial charge in [-0.3, -0.25) is 14.8 Å². The van der Waals surface area contributed by atoms with Crippen LogP contribution in [0.5, 0.6) is 0 Å². The Morgan fingerprint density at radius 1 is 1.04 bits per heavy atom. The lowest BCUT2D eigenvalue weighted by Crippen LogP contribution is -2.31. The molecule has 2 amide bonds. The van der Waals surface area contributed by atoms with Gasteiger partial charge in [0.15, 0.2) is 0 Å². The number of carbonyl (C=O) groups excluding carboxylic acids is 2. The molecule has 0 bridgehead atoms. The third-order valence-corrected chi connectivity index (χ3v) is 4.58. The fourth-order valence-electron chi connectivity index (χ4n) is 3.25. The maximum absolute atomic E-state index is 12.8. The standard InChI is InChI=1S/C19H17F3N2O3/c20-19(21,22)14-5-1-4-12(10-14)17(25)23-16-6-2-3-11-9-13(18(26)24-27)7-8-15(11)16/h1,4-5,7-10,16,27H,2-3,6H2,(H,23,25)(H,24,26). The van der Waals surface area contributed by atoms with Crippen molar-refractivity contribution >= 4 is 11.8 Å². The first-order valence-electron chi connectivity index (χ1n) is 8.35. The van der Waals surface area contributed by atoms with Gasteiger partial charge in [-0.05, 0) is 60.7 Å². The number of nitrogens with one attached hydrogen (secondary N) is 2. The molecule has 5 nitrogen and oxygen atoms in total. The number of halogens is 3. The monoisotopic (exact) mass is 378 g/mol. The molecule has 0 aromatic heterocycles. The quantitative estimate of drug-likeness (QED) is 0.564. The Balaban J connectivity index is 1.81. The molecule has 0 aliphatic heterocycles. The summed E-state index contributed by atoms with van der Waals surface area (Å²) in [5, 5.41) is 11.5. The van der Waals surface area contributed by atoms with Gasteiger partial charge >= 0.3 is 6.18 Å². The van der Waals surface area contributed by atoms with Gasteiger partial charge in [0, 0.05) is 11.1 Å². The van der Waals surface area contributed by atoms with E-state index in [0.717, 1.165) is 29.7 Å². The molecule has 0 spiro atoms. The Labute approximate surface area is 153 Å². The minimum absolute atomic E-state index is 0.0618. The van der Waals surface area contributed by atoms with Gasteiger partial charge in [-0.1, -0.05) is 12.1 Å². The van der Waals surface area contributed by atoms with Crippen LogP contribution >= 0.6 is 0 Å². The normalized spacial score (nSPS) is 16.4. The predicted molar refractivity (Wildman–Crippen MR) is 90.3 cm³/mol. The highest BCUT2D eigenvalue weighted by Gasteiger charge is 2.31. The van der Waals surface area contributed by atoms with Crippen molar-refractivity contribution in [1.29, 1.82) is 0 Å². The average Bonchev–Trinajstić information content (AvgIpc) is 2.66. The number of hydroxylamine groups is 1. The number of aryl methyl sites for hydroxylation is 1. The zero-order valence-corrected chi connectivity index (χ0v) is 14.1. The summed E-state index contributed by atoms with van der Waals surface area (Å²) in [4.78, 5) is 24.0. The molecular formula is C19H17F3N2O3. The van der Waals surface area contributed by atoms with Gasteiger partial charge in [-0.25, -0.2) is 5.48 Å². The molecule has 8 heteroatoms. The Kier molecular flexibility index (Phi) is 5.18. The van der Waals surface area contributed by atoms with Crippen LogP contribution in [0.25, 0.3) is 0 Å². The summed E-state index contributed by atoms with van der Waals surface area (Å²) in [5.41, 5.74) is 2.60. The molecule has 0 fully saturated rings. The van der Waals surface area contributed by atoms with E-state index >= 15 is 0 Å². The summed E-state index contributed by atoms with van der Waals surface area (Å²) in [6, 6.07) is 8.78. The van der Waals surface area contributed by atoms with Crippen LogP contribution in [-0.4, -0.2) is 17.0 Å². The van der Waals surface area contributed by atoms with E-state index in [1.165, 1.54) is 18.2 Å². The Morgan fingerprint density at radius 3 is 2.48 bits per heavy atom. The van der Waals surface area contributed by atoms with E-state index in [-0.39, 0.29) is 11.6 Å². The van der Waals surface area contributed by atoms with Crippen LogP contribution in [0.4, 0.5) is 13.2 Å². The van der Waals surface area contributed by atoms with Gasteiger partial charge in [0.25, 0.3) is 11.8 Å². The van der Waals surface area contributed by atoms with Crippen molar-refractivity contribution in [1.82, 2.24) is 10.8 Å². The van der Waals surface area contributed by atoms with E-state index in [1.54, 1.807) is 17.6 Å². The Morgan fingerprint density at radius 2 is 1.78 bits per heavy atom. The Hall–Kier alpha value is -2.87. The maximum atomic E-state index is 12.8. The summed E-state index contributed by atoms with van der Waals surface area (Å²) in [5.74, 6) is -1.22. The molecule has 1 unspecified atom stereocenters. The summed E-state index contributed by atoms with van der Waals surface area (Å²) in [6.07, 6.45) is -2.41. The molecule has 1 aliphatic carbocycles. The third-order valence-electron chi connectivity index (χ3n) is 4.58. The van der Waals surface area contributed by atoms with E-state index in [4.69, 9.17) is 5.21 Å². The van der Waals surface area contributed by atoms with Crippen molar-refractivity contribution in [2.75, 3.05) is 0 Å². The number of benzene rings is 2. The van der Waals surface area contributed by atoms with E-state index in [2.05, 4.69) is 5.32 Å². The van der Waals surface area contributed by atoms with E-state index < -0.39 is 23.6 Å². The molecule has 0 radical (unpaired) electrons. The first-order chi connectivity index (χ1) is 12.8. The highest BCUT2D eigenvalue weighted by Crippen LogP contribution is 2.32. The van der Waals surface area contributed by atoms with Crippen LogP contribution in [-0.2, 0) is 12.6 Å². The van der Waals surface area contributed by atoms with Crippen molar-refractivity contribution in [2.45, 2.75) is 31.5 Å². The molecule has 3 rings (SSSR count). The van der Waals surface area contributed by atoms with Crippen molar-refractivity contribution in [2.24, 2.45) is 0 Å². The summed E-state index contributed by atoms with van der Waals surface area (Å²) in [6.45, 7) is 0. The van der Waals surface area contributed by atoms with Gasteiger partial charge < -0.3 is 5.32 Å². The Bertz CT molecular complexity index is 881. The average molecular weight is 378 g/mol. The number of fused-ring (bicyclic) bond motifs is 1. The summed E-state index contributed by atoms with van der Waals surface area (Å²) < 4.78 is 38.5. The molecule has 1 atom stereocenters. The van der Waals surface area contributed by atoms with Crippen LogP contribution in [0.15, 0.2) is 42.5 Å². The van der Waals surface area contributed by atoms with Crippen molar-refractivity contribution < 1.29 is 28.0 Å². The number of alkyl halides is 3. The number of carbonyl (C=O) groups is 2. The van der Waals surface area contributed by atoms with Gasteiger partial charge in [0.1, 0.15) is 0 Å². The number of rotatable bonds is 3. The van der Waals surface area contributed by atoms with E-state index in [0.29, 0.717) is 18.4 Å². The summed E-state index contributed by atoms with van der Waals surface area (Å²) >= 11 is 0. The fraction of sp³-hybridized carbons (Fsp3) is 0.263. The van der Waals surface area contributed by atoms with Crippen LogP contribution in [0.3, 0.4) is 0 Å². The topological polar surface area (TPSA) is 78.4 Å². The molecule has 0 saturated carbocycles. The van der Waals surface area contributed by atoms with Crippen LogP contribution in [0.2, 0.25) is 0 Å². The molecule has 2 aromatic rings. The lowest BCUT2D eigenvalue weighted by Gasteiger charge is -2.27. The number of hydrogen-bond donors (Lipinski definition) is 3. The van der Waals surface area contributed by atoms with Crippen LogP contribution < -0.4 is 10.8 Å². The molecule has 27 heavy (non-hydrogen) atoms. The fourth-order valence-corrected chi connectivity index (χ4v) is 3.25. The number of hydrogen-bond acceptors (Lipinski definition) is 3. The lowest BCUT2D eigenvalue weighted by atomic mass is 9.86. The molecule has 3 N–H and O–H groups in total. The SMILES string of the molecule is O=C(NO)c1ccc2c(c1)CCCC2NC(=O)c1cccc(C(F)(F)F)c1. The van der Waals surface area contributed by atoms with E-state index in [9.17, 15) is 22.8 Å². The van der Waals surface area contributed by atoms with Gasteiger partial charge in [-0.2, -0.15) is 13.2 Å². The largest absolute Gasteiger partial charge is 0.416 e. The highest BCUT2D eigenvalue weighted by atomic mass is 19.4. The van der Waals surface area contributed by atoms with Crippen molar-refractivity contribution in [3.63, 3.8) is 0 Å². The highest BCUT2D eigenvalue weighted by molar-refractivity contribution is 5.95. The molecular weight excluding hydrogens is 361 g/mol.